The average Bonchev–Trinajstić information content (AvgIpc) is 2.87. The molecule has 3 N–H and O–H groups in total. The van der Waals surface area contributed by atoms with Crippen LogP contribution in [0.5, 0.6) is 0 Å². The van der Waals surface area contributed by atoms with Gasteiger partial charge >= 0.3 is 0 Å². The fraction of sp³-hybridized carbons (Fsp3) is 0. The first kappa shape index (κ1) is 9.34. The summed E-state index contributed by atoms with van der Waals surface area (Å²) < 4.78 is 2.51. The van der Waals surface area contributed by atoms with Crippen LogP contribution in [0.4, 0.5) is 5.82 Å². The van der Waals surface area contributed by atoms with Crippen LogP contribution in [0.25, 0.3) is 16.8 Å². The number of nitrogens with two attached hydrogens (primary N) is 1. The van der Waals surface area contributed by atoms with E-state index in [-0.39, 0.29) is 0 Å². The van der Waals surface area contributed by atoms with Crippen LogP contribution in [0.3, 0.4) is 0 Å². The van der Waals surface area contributed by atoms with Crippen LogP contribution in [-0.2, 0) is 0 Å². The lowest BCUT2D eigenvalue weighted by atomic mass is 10.2. The van der Waals surface area contributed by atoms with Crippen molar-refractivity contribution in [2.45, 2.75) is 0 Å². The molecule has 7 heteroatoms. The number of anilines is 1. The molecule has 0 bridgehead atoms. The highest BCUT2D eigenvalue weighted by atomic mass is 79.9. The molecule has 3 heterocycles. The van der Waals surface area contributed by atoms with Crippen molar-refractivity contribution in [2.75, 3.05) is 5.73 Å². The fourth-order valence-corrected chi connectivity index (χ4v) is 2.14. The number of aromatic amines is 1. The Morgan fingerprint density at radius 1 is 1.44 bits per heavy atom. The third kappa shape index (κ3) is 1.21. The molecule has 0 fully saturated rings. The van der Waals surface area contributed by atoms with Gasteiger partial charge in [0.05, 0.1) is 5.69 Å². The number of H-pyrrole nitrogens is 1. The van der Waals surface area contributed by atoms with Gasteiger partial charge in [-0.1, -0.05) is 0 Å². The van der Waals surface area contributed by atoms with Gasteiger partial charge in [0.25, 0.3) is 0 Å². The summed E-state index contributed by atoms with van der Waals surface area (Å²) in [4.78, 5) is 3.98. The molecule has 0 saturated heterocycles. The maximum Gasteiger partial charge on any atom is 0.152 e. The number of nitrogen functional groups attached to an aromatic ring is 1. The Hall–Kier alpha value is -1.89. The quantitative estimate of drug-likeness (QED) is 0.706. The number of hydrogen-bond donors (Lipinski definition) is 2. The average molecular weight is 279 g/mol. The lowest BCUT2D eigenvalue weighted by Gasteiger charge is -1.99. The molecule has 0 atom stereocenters. The Morgan fingerprint density at radius 3 is 3.06 bits per heavy atom. The largest absolute Gasteiger partial charge is 0.382 e. The summed E-state index contributed by atoms with van der Waals surface area (Å²) >= 11 is 3.42. The van der Waals surface area contributed by atoms with Crippen molar-refractivity contribution in [3.8, 4) is 11.3 Å². The maximum atomic E-state index is 5.85. The number of halogens is 1. The summed E-state index contributed by atoms with van der Waals surface area (Å²) in [6, 6.07) is 3.79. The van der Waals surface area contributed by atoms with Crippen molar-refractivity contribution < 1.29 is 0 Å². The first-order valence-corrected chi connectivity index (χ1v) is 5.34. The molecule has 0 aliphatic heterocycles. The van der Waals surface area contributed by atoms with E-state index in [2.05, 4.69) is 36.2 Å². The summed E-state index contributed by atoms with van der Waals surface area (Å²) in [5.74, 6) is 0.435. The minimum absolute atomic E-state index is 0.435. The molecule has 0 spiro atoms. The number of aromatic nitrogens is 5. The molecule has 3 rings (SSSR count). The molecule has 0 unspecified atom stereocenters. The highest BCUT2D eigenvalue weighted by Gasteiger charge is 2.13. The van der Waals surface area contributed by atoms with Crippen molar-refractivity contribution in [2.24, 2.45) is 0 Å². The molecule has 80 valence electrons. The SMILES string of the molecule is Nc1ncnn2c(Br)cc(-c3ccn[nH]3)c12. The van der Waals surface area contributed by atoms with Crippen LogP contribution >= 0.6 is 15.9 Å². The minimum Gasteiger partial charge on any atom is -0.382 e. The van der Waals surface area contributed by atoms with Gasteiger partial charge in [-0.15, -0.1) is 0 Å². The van der Waals surface area contributed by atoms with Gasteiger partial charge in [0.1, 0.15) is 16.4 Å². The molecule has 0 aliphatic rings. The Kier molecular flexibility index (Phi) is 1.93. The van der Waals surface area contributed by atoms with Crippen LogP contribution in [0.1, 0.15) is 0 Å². The van der Waals surface area contributed by atoms with Crippen LogP contribution in [0.15, 0.2) is 29.3 Å². The number of hydrogen-bond acceptors (Lipinski definition) is 4. The molecule has 3 aromatic rings. The van der Waals surface area contributed by atoms with E-state index in [9.17, 15) is 0 Å². The molecule has 0 aromatic carbocycles. The predicted molar refractivity (Wildman–Crippen MR) is 62.7 cm³/mol. The van der Waals surface area contributed by atoms with E-state index in [1.165, 1.54) is 6.33 Å². The molecular formula is C9H7BrN6. The molecule has 16 heavy (non-hydrogen) atoms. The summed E-state index contributed by atoms with van der Waals surface area (Å²) in [7, 11) is 0. The molecule has 0 saturated carbocycles. The minimum atomic E-state index is 0.435. The molecule has 0 radical (unpaired) electrons. The van der Waals surface area contributed by atoms with E-state index < -0.39 is 0 Å². The maximum absolute atomic E-state index is 5.85. The van der Waals surface area contributed by atoms with E-state index in [0.717, 1.165) is 21.4 Å². The molecule has 3 aromatic heterocycles. The van der Waals surface area contributed by atoms with E-state index >= 15 is 0 Å². The van der Waals surface area contributed by atoms with Crippen molar-refractivity contribution in [3.63, 3.8) is 0 Å². The van der Waals surface area contributed by atoms with Gasteiger partial charge in [-0.25, -0.2) is 9.50 Å². The van der Waals surface area contributed by atoms with Crippen molar-refractivity contribution >= 4 is 27.3 Å². The Labute approximate surface area is 98.6 Å². The zero-order valence-corrected chi connectivity index (χ0v) is 9.64. The Balaban J connectivity index is 2.42. The van der Waals surface area contributed by atoms with Crippen molar-refractivity contribution in [1.29, 1.82) is 0 Å². The highest BCUT2D eigenvalue weighted by molar-refractivity contribution is 9.10. The molecule has 6 nitrogen and oxygen atoms in total. The standard InChI is InChI=1S/C9H7BrN6/c10-7-3-5(6-1-2-13-15-6)8-9(11)12-4-14-16(7)8/h1-4H,(H,13,15)(H2,11,12,14). The number of nitrogens with one attached hydrogen (secondary N) is 1. The van der Waals surface area contributed by atoms with Crippen molar-refractivity contribution in [1.82, 2.24) is 24.8 Å². The summed E-state index contributed by atoms with van der Waals surface area (Å²) in [6.45, 7) is 0. The summed E-state index contributed by atoms with van der Waals surface area (Å²) in [6.07, 6.45) is 3.11. The second-order valence-electron chi connectivity index (χ2n) is 3.26. The zero-order valence-electron chi connectivity index (χ0n) is 8.05. The first-order valence-electron chi connectivity index (χ1n) is 4.55. The third-order valence-corrected chi connectivity index (χ3v) is 2.90. The van der Waals surface area contributed by atoms with Crippen LogP contribution in [-0.4, -0.2) is 24.8 Å². The van der Waals surface area contributed by atoms with Gasteiger partial charge in [0.15, 0.2) is 5.82 Å². The first-order chi connectivity index (χ1) is 7.77. The van der Waals surface area contributed by atoms with E-state index in [1.807, 2.05) is 12.1 Å². The molecular weight excluding hydrogens is 272 g/mol. The van der Waals surface area contributed by atoms with Crippen LogP contribution in [0.2, 0.25) is 0 Å². The van der Waals surface area contributed by atoms with E-state index in [4.69, 9.17) is 5.73 Å². The molecule has 0 aliphatic carbocycles. The summed E-state index contributed by atoms with van der Waals surface area (Å²) in [5, 5.41) is 10.9. The normalized spacial score (nSPS) is 11.1. The second kappa shape index (κ2) is 3.31. The Bertz CT molecular complexity index is 641. The number of fused-ring (bicyclic) bond motifs is 1. The predicted octanol–water partition coefficient (Wildman–Crippen LogP) is 1.46. The number of nitrogens with zero attached hydrogens (tertiary/aromatic N) is 4. The van der Waals surface area contributed by atoms with Gasteiger partial charge < -0.3 is 5.73 Å². The number of rotatable bonds is 1. The third-order valence-electron chi connectivity index (χ3n) is 2.33. The lowest BCUT2D eigenvalue weighted by molar-refractivity contribution is 0.889. The van der Waals surface area contributed by atoms with Gasteiger partial charge in [-0.2, -0.15) is 10.2 Å². The highest BCUT2D eigenvalue weighted by Crippen LogP contribution is 2.30. The van der Waals surface area contributed by atoms with Crippen molar-refractivity contribution in [3.05, 3.63) is 29.3 Å². The van der Waals surface area contributed by atoms with E-state index in [1.54, 1.807) is 10.7 Å². The van der Waals surface area contributed by atoms with E-state index in [0.29, 0.717) is 5.82 Å². The van der Waals surface area contributed by atoms with Crippen LogP contribution in [0, 0.1) is 0 Å². The Morgan fingerprint density at radius 2 is 2.31 bits per heavy atom. The molecule has 0 amide bonds. The van der Waals surface area contributed by atoms with Gasteiger partial charge in [0.2, 0.25) is 0 Å². The second-order valence-corrected chi connectivity index (χ2v) is 4.07. The zero-order chi connectivity index (χ0) is 11.1. The van der Waals surface area contributed by atoms with Gasteiger partial charge in [0, 0.05) is 11.8 Å². The fourth-order valence-electron chi connectivity index (χ4n) is 1.64. The topological polar surface area (TPSA) is 84.9 Å². The van der Waals surface area contributed by atoms with Gasteiger partial charge in [-0.3, -0.25) is 5.10 Å². The lowest BCUT2D eigenvalue weighted by Crippen LogP contribution is -1.99. The van der Waals surface area contributed by atoms with Crippen LogP contribution < -0.4 is 5.73 Å². The summed E-state index contributed by atoms with van der Waals surface area (Å²) in [5.41, 5.74) is 8.41. The van der Waals surface area contributed by atoms with Gasteiger partial charge in [-0.05, 0) is 28.1 Å². The smallest absolute Gasteiger partial charge is 0.152 e. The monoisotopic (exact) mass is 278 g/mol.